The van der Waals surface area contributed by atoms with Crippen LogP contribution in [0.25, 0.3) is 11.0 Å². The van der Waals surface area contributed by atoms with Crippen molar-refractivity contribution < 1.29 is 9.90 Å². The third kappa shape index (κ3) is 4.24. The molecule has 7 heteroatoms. The van der Waals surface area contributed by atoms with Crippen LogP contribution >= 0.6 is 0 Å². The molecule has 0 spiro atoms. The topological polar surface area (TPSA) is 104 Å². The lowest BCUT2D eigenvalue weighted by atomic mass is 9.92. The summed E-state index contributed by atoms with van der Waals surface area (Å²) >= 11 is 0. The summed E-state index contributed by atoms with van der Waals surface area (Å²) in [5.74, 6) is -0.0629. The molecule has 1 aliphatic rings. The second-order valence-electron chi connectivity index (χ2n) is 6.62. The highest BCUT2D eigenvalue weighted by atomic mass is 16.3. The van der Waals surface area contributed by atoms with E-state index in [2.05, 4.69) is 20.2 Å². The first kappa shape index (κ1) is 17.6. The number of hydrogen-bond donors (Lipinski definition) is 3. The number of amides is 1. The molecule has 25 heavy (non-hydrogen) atoms. The van der Waals surface area contributed by atoms with Gasteiger partial charge in [0.15, 0.2) is 0 Å². The number of β-amino-alcohol motifs (C(OH)–C–C–N with tert-alkyl or cyclic N) is 1. The Morgan fingerprint density at radius 2 is 2.24 bits per heavy atom. The average Bonchev–Trinajstić information content (AvgIpc) is 2.64. The van der Waals surface area contributed by atoms with Crippen LogP contribution in [0.1, 0.15) is 25.7 Å². The lowest BCUT2D eigenvalue weighted by Gasteiger charge is -2.40. The number of fused-ring (bicyclic) bond motifs is 1. The molecule has 0 bridgehead atoms. The predicted molar refractivity (Wildman–Crippen MR) is 97.2 cm³/mol. The van der Waals surface area contributed by atoms with Crippen molar-refractivity contribution in [3.05, 3.63) is 30.6 Å². The molecule has 1 aliphatic heterocycles. The van der Waals surface area contributed by atoms with Gasteiger partial charge in [-0.05, 0) is 44.0 Å². The Hall–Kier alpha value is -2.25. The van der Waals surface area contributed by atoms with E-state index in [1.165, 1.54) is 0 Å². The largest absolute Gasteiger partial charge is 0.386 e. The van der Waals surface area contributed by atoms with Crippen molar-refractivity contribution in [1.29, 1.82) is 0 Å². The zero-order valence-corrected chi connectivity index (χ0v) is 14.3. The van der Waals surface area contributed by atoms with Crippen LogP contribution in [0, 0.1) is 0 Å². The molecule has 1 atom stereocenters. The van der Waals surface area contributed by atoms with Gasteiger partial charge in [0.1, 0.15) is 5.52 Å². The maximum atomic E-state index is 11.8. The standard InChI is InChI=1S/C18H25N5O2/c19-8-1-5-16(24)22-12-18(25)7-3-11-23(13-18)15-6-10-20-14-4-2-9-21-17(14)15/h2,4,6,9-10,25H,1,3,5,7-8,11-13,19H2,(H,22,24)/t18-/m0/s1. The minimum absolute atomic E-state index is 0.0629. The van der Waals surface area contributed by atoms with Crippen LogP contribution in [-0.4, -0.2) is 52.8 Å². The molecule has 3 heterocycles. The number of carbonyl (C=O) groups is 1. The second kappa shape index (κ2) is 7.76. The van der Waals surface area contributed by atoms with Crippen LogP contribution in [0.2, 0.25) is 0 Å². The highest BCUT2D eigenvalue weighted by molar-refractivity contribution is 5.87. The SMILES string of the molecule is NCCCC(=O)NC[C@@]1(O)CCCN(c2ccnc3cccnc23)C1. The van der Waals surface area contributed by atoms with Crippen molar-refractivity contribution in [2.24, 2.45) is 5.73 Å². The summed E-state index contributed by atoms with van der Waals surface area (Å²) in [7, 11) is 0. The minimum Gasteiger partial charge on any atom is -0.386 e. The van der Waals surface area contributed by atoms with Gasteiger partial charge in [0, 0.05) is 38.4 Å². The van der Waals surface area contributed by atoms with E-state index >= 15 is 0 Å². The fraction of sp³-hybridized carbons (Fsp3) is 0.500. The monoisotopic (exact) mass is 343 g/mol. The molecular weight excluding hydrogens is 318 g/mol. The summed E-state index contributed by atoms with van der Waals surface area (Å²) in [4.78, 5) is 22.7. The summed E-state index contributed by atoms with van der Waals surface area (Å²) in [6.07, 6.45) is 6.09. The van der Waals surface area contributed by atoms with Gasteiger partial charge >= 0.3 is 0 Å². The van der Waals surface area contributed by atoms with E-state index in [-0.39, 0.29) is 12.5 Å². The predicted octanol–water partition coefficient (Wildman–Crippen LogP) is 0.816. The summed E-state index contributed by atoms with van der Waals surface area (Å²) in [5.41, 5.74) is 7.12. The number of aromatic nitrogens is 2. The summed E-state index contributed by atoms with van der Waals surface area (Å²) in [5, 5.41) is 13.8. The Labute approximate surface area is 147 Å². The highest BCUT2D eigenvalue weighted by Crippen LogP contribution is 2.29. The Kier molecular flexibility index (Phi) is 5.45. The van der Waals surface area contributed by atoms with E-state index in [0.717, 1.165) is 29.7 Å². The van der Waals surface area contributed by atoms with E-state index in [9.17, 15) is 9.90 Å². The Morgan fingerprint density at radius 3 is 3.08 bits per heavy atom. The zero-order chi connectivity index (χ0) is 17.7. The van der Waals surface area contributed by atoms with Crippen LogP contribution in [-0.2, 0) is 4.79 Å². The van der Waals surface area contributed by atoms with Crippen molar-refractivity contribution in [2.75, 3.05) is 31.1 Å². The van der Waals surface area contributed by atoms with Crippen LogP contribution in [0.4, 0.5) is 5.69 Å². The molecule has 1 saturated heterocycles. The second-order valence-corrected chi connectivity index (χ2v) is 6.62. The van der Waals surface area contributed by atoms with Crippen LogP contribution in [0.5, 0.6) is 0 Å². The number of hydrogen-bond acceptors (Lipinski definition) is 6. The first-order chi connectivity index (χ1) is 12.1. The molecule has 7 nitrogen and oxygen atoms in total. The number of anilines is 1. The molecule has 2 aromatic heterocycles. The van der Waals surface area contributed by atoms with E-state index in [1.807, 2.05) is 18.2 Å². The van der Waals surface area contributed by atoms with Crippen molar-refractivity contribution in [1.82, 2.24) is 15.3 Å². The molecular formula is C18H25N5O2. The van der Waals surface area contributed by atoms with Crippen molar-refractivity contribution in [2.45, 2.75) is 31.3 Å². The molecule has 1 amide bonds. The Morgan fingerprint density at radius 1 is 1.36 bits per heavy atom. The number of nitrogens with one attached hydrogen (secondary N) is 1. The van der Waals surface area contributed by atoms with Gasteiger partial charge in [0.05, 0.1) is 16.8 Å². The molecule has 2 aromatic rings. The Bertz CT molecular complexity index is 733. The van der Waals surface area contributed by atoms with Gasteiger partial charge in [-0.2, -0.15) is 0 Å². The molecule has 134 valence electrons. The number of aliphatic hydroxyl groups is 1. The van der Waals surface area contributed by atoms with Gasteiger partial charge in [-0.25, -0.2) is 0 Å². The lowest BCUT2D eigenvalue weighted by molar-refractivity contribution is -0.122. The molecule has 1 fully saturated rings. The molecule has 0 saturated carbocycles. The molecule has 3 rings (SSSR count). The normalized spacial score (nSPS) is 20.6. The summed E-state index contributed by atoms with van der Waals surface area (Å²) < 4.78 is 0. The van der Waals surface area contributed by atoms with Gasteiger partial charge in [-0.1, -0.05) is 0 Å². The van der Waals surface area contributed by atoms with E-state index < -0.39 is 5.60 Å². The van der Waals surface area contributed by atoms with Crippen molar-refractivity contribution in [3.63, 3.8) is 0 Å². The highest BCUT2D eigenvalue weighted by Gasteiger charge is 2.34. The van der Waals surface area contributed by atoms with Gasteiger partial charge in [-0.3, -0.25) is 14.8 Å². The minimum atomic E-state index is -0.943. The van der Waals surface area contributed by atoms with Gasteiger partial charge in [0.25, 0.3) is 0 Å². The fourth-order valence-corrected chi connectivity index (χ4v) is 3.30. The van der Waals surface area contributed by atoms with Gasteiger partial charge < -0.3 is 21.1 Å². The zero-order valence-electron chi connectivity index (χ0n) is 14.3. The average molecular weight is 343 g/mol. The van der Waals surface area contributed by atoms with Gasteiger partial charge in [-0.15, -0.1) is 0 Å². The van der Waals surface area contributed by atoms with Crippen molar-refractivity contribution >= 4 is 22.6 Å². The smallest absolute Gasteiger partial charge is 0.220 e. The molecule has 4 N–H and O–H groups in total. The summed E-state index contributed by atoms with van der Waals surface area (Å²) in [6.45, 7) is 2.05. The first-order valence-corrected chi connectivity index (χ1v) is 8.75. The molecule has 0 aliphatic carbocycles. The first-order valence-electron chi connectivity index (χ1n) is 8.75. The number of piperidine rings is 1. The van der Waals surface area contributed by atoms with Crippen LogP contribution < -0.4 is 16.0 Å². The van der Waals surface area contributed by atoms with Crippen molar-refractivity contribution in [3.8, 4) is 0 Å². The fourth-order valence-electron chi connectivity index (χ4n) is 3.30. The van der Waals surface area contributed by atoms with E-state index in [1.54, 1.807) is 12.4 Å². The third-order valence-corrected chi connectivity index (χ3v) is 4.59. The Balaban J connectivity index is 1.71. The van der Waals surface area contributed by atoms with E-state index in [0.29, 0.717) is 32.4 Å². The molecule has 0 unspecified atom stereocenters. The molecule has 0 aromatic carbocycles. The number of carbonyl (C=O) groups excluding carboxylic acids is 1. The van der Waals surface area contributed by atoms with Crippen LogP contribution in [0.15, 0.2) is 30.6 Å². The quantitative estimate of drug-likeness (QED) is 0.717. The maximum absolute atomic E-state index is 11.8. The maximum Gasteiger partial charge on any atom is 0.220 e. The van der Waals surface area contributed by atoms with Gasteiger partial charge in [0.2, 0.25) is 5.91 Å². The number of rotatable bonds is 6. The van der Waals surface area contributed by atoms with E-state index in [4.69, 9.17) is 5.73 Å². The number of nitrogens with two attached hydrogens (primary N) is 1. The molecule has 0 radical (unpaired) electrons. The number of pyridine rings is 2. The number of nitrogens with zero attached hydrogens (tertiary/aromatic N) is 3. The third-order valence-electron chi connectivity index (χ3n) is 4.59. The lowest BCUT2D eigenvalue weighted by Crippen LogP contribution is -2.54. The van der Waals surface area contributed by atoms with Crippen LogP contribution in [0.3, 0.4) is 0 Å². The summed E-state index contributed by atoms with van der Waals surface area (Å²) in [6, 6.07) is 5.73.